The van der Waals surface area contributed by atoms with Crippen LogP contribution in [-0.2, 0) is 22.4 Å². The fourth-order valence-corrected chi connectivity index (χ4v) is 3.27. The summed E-state index contributed by atoms with van der Waals surface area (Å²) in [7, 11) is 0. The highest BCUT2D eigenvalue weighted by Gasteiger charge is 2.24. The Hall–Kier alpha value is -4.53. The number of carbonyl (C=O) groups is 4. The highest BCUT2D eigenvalue weighted by atomic mass is 16.4. The van der Waals surface area contributed by atoms with Crippen LogP contribution in [0.2, 0.25) is 0 Å². The van der Waals surface area contributed by atoms with Crippen molar-refractivity contribution in [3.8, 4) is 0 Å². The normalized spacial score (nSPS) is 12.2. The summed E-state index contributed by atoms with van der Waals surface area (Å²) in [5.41, 5.74) is 1.42. The first-order chi connectivity index (χ1) is 16.3. The fourth-order valence-electron chi connectivity index (χ4n) is 3.27. The molecule has 3 rings (SSSR count). The Morgan fingerprint density at radius 3 is 1.41 bits per heavy atom. The van der Waals surface area contributed by atoms with E-state index in [0.29, 0.717) is 0 Å². The van der Waals surface area contributed by atoms with Crippen molar-refractivity contribution in [2.75, 3.05) is 0 Å². The van der Waals surface area contributed by atoms with E-state index in [1.807, 2.05) is 0 Å². The molecule has 0 saturated heterocycles. The molecule has 4 N–H and O–H groups in total. The molecular formula is C25H23N3O6. The van der Waals surface area contributed by atoms with E-state index in [2.05, 4.69) is 15.6 Å². The van der Waals surface area contributed by atoms with E-state index in [1.165, 1.54) is 18.5 Å². The number of nitrogens with one attached hydrogen (secondary N) is 2. The molecule has 0 fully saturated rings. The molecule has 0 unspecified atom stereocenters. The van der Waals surface area contributed by atoms with E-state index >= 15 is 0 Å². The van der Waals surface area contributed by atoms with E-state index < -0.39 is 35.8 Å². The molecule has 34 heavy (non-hydrogen) atoms. The van der Waals surface area contributed by atoms with Gasteiger partial charge in [0, 0.05) is 25.2 Å². The average molecular weight is 461 g/mol. The molecule has 2 amide bonds. The minimum absolute atomic E-state index is 0.0260. The molecule has 0 spiro atoms. The molecule has 174 valence electrons. The molecule has 9 heteroatoms. The standard InChI is InChI=1S/C25H23N3O6/c29-22(27-20(24(31)32)11-16-7-3-1-4-8-16)18-13-19(15-26-14-18)23(30)28-21(25(33)34)12-17-9-5-2-6-10-17/h1-10,13-15,20-21H,11-12H2,(H,27,29)(H,28,30)(H,31,32)(H,33,34)/t20-,21-/m0/s1. The molecule has 0 radical (unpaired) electrons. The number of rotatable bonds is 10. The second kappa shape index (κ2) is 11.4. The van der Waals surface area contributed by atoms with Crippen LogP contribution in [0.5, 0.6) is 0 Å². The number of aromatic nitrogens is 1. The first kappa shape index (κ1) is 24.1. The van der Waals surface area contributed by atoms with Gasteiger partial charge in [0.2, 0.25) is 0 Å². The van der Waals surface area contributed by atoms with Crippen LogP contribution in [0.1, 0.15) is 31.8 Å². The third-order valence-corrected chi connectivity index (χ3v) is 5.03. The van der Waals surface area contributed by atoms with Crippen LogP contribution in [0.4, 0.5) is 0 Å². The monoisotopic (exact) mass is 461 g/mol. The van der Waals surface area contributed by atoms with Crippen molar-refractivity contribution in [2.45, 2.75) is 24.9 Å². The van der Waals surface area contributed by atoms with E-state index in [0.717, 1.165) is 11.1 Å². The van der Waals surface area contributed by atoms with Gasteiger partial charge < -0.3 is 20.8 Å². The summed E-state index contributed by atoms with van der Waals surface area (Å²) in [5.74, 6) is -3.84. The smallest absolute Gasteiger partial charge is 0.326 e. The van der Waals surface area contributed by atoms with Crippen LogP contribution >= 0.6 is 0 Å². The number of amides is 2. The van der Waals surface area contributed by atoms with Gasteiger partial charge in [0.05, 0.1) is 11.1 Å². The highest BCUT2D eigenvalue weighted by Crippen LogP contribution is 2.09. The van der Waals surface area contributed by atoms with E-state index in [-0.39, 0.29) is 24.0 Å². The lowest BCUT2D eigenvalue weighted by Gasteiger charge is -2.16. The number of carboxylic acid groups (broad SMARTS) is 2. The minimum Gasteiger partial charge on any atom is -0.480 e. The van der Waals surface area contributed by atoms with Gasteiger partial charge in [-0.05, 0) is 17.2 Å². The second-order valence-corrected chi connectivity index (χ2v) is 7.57. The predicted molar refractivity (Wildman–Crippen MR) is 122 cm³/mol. The van der Waals surface area contributed by atoms with Gasteiger partial charge in [-0.3, -0.25) is 14.6 Å². The first-order valence-electron chi connectivity index (χ1n) is 10.4. The maximum Gasteiger partial charge on any atom is 0.326 e. The van der Waals surface area contributed by atoms with Crippen LogP contribution in [0.15, 0.2) is 79.1 Å². The van der Waals surface area contributed by atoms with Crippen molar-refractivity contribution >= 4 is 23.8 Å². The average Bonchev–Trinajstić information content (AvgIpc) is 2.84. The third-order valence-electron chi connectivity index (χ3n) is 5.03. The van der Waals surface area contributed by atoms with E-state index in [1.54, 1.807) is 60.7 Å². The number of hydrogen-bond acceptors (Lipinski definition) is 5. The molecule has 2 atom stereocenters. The fraction of sp³-hybridized carbons (Fsp3) is 0.160. The summed E-state index contributed by atoms with van der Waals surface area (Å²) in [6.45, 7) is 0. The molecule has 1 heterocycles. The minimum atomic E-state index is -1.20. The Morgan fingerprint density at radius 1 is 0.676 bits per heavy atom. The summed E-state index contributed by atoms with van der Waals surface area (Å²) in [5, 5.41) is 23.9. The Labute approximate surface area is 195 Å². The van der Waals surface area contributed by atoms with Crippen molar-refractivity contribution in [1.82, 2.24) is 15.6 Å². The van der Waals surface area contributed by atoms with Gasteiger partial charge >= 0.3 is 11.9 Å². The van der Waals surface area contributed by atoms with Crippen molar-refractivity contribution < 1.29 is 29.4 Å². The Bertz CT molecular complexity index is 1080. The molecular weight excluding hydrogens is 438 g/mol. The van der Waals surface area contributed by atoms with Crippen LogP contribution < -0.4 is 10.6 Å². The second-order valence-electron chi connectivity index (χ2n) is 7.57. The van der Waals surface area contributed by atoms with Crippen LogP contribution in [0.3, 0.4) is 0 Å². The van der Waals surface area contributed by atoms with Gasteiger partial charge in [-0.25, -0.2) is 9.59 Å². The van der Waals surface area contributed by atoms with Gasteiger partial charge in [-0.1, -0.05) is 60.7 Å². The molecule has 0 aliphatic heterocycles. The zero-order chi connectivity index (χ0) is 24.5. The number of nitrogens with zero attached hydrogens (tertiary/aromatic N) is 1. The highest BCUT2D eigenvalue weighted by molar-refractivity contribution is 6.01. The third kappa shape index (κ3) is 6.73. The number of carboxylic acids is 2. The van der Waals surface area contributed by atoms with Gasteiger partial charge in [0.15, 0.2) is 0 Å². The Balaban J connectivity index is 1.69. The van der Waals surface area contributed by atoms with Gasteiger partial charge in [0.1, 0.15) is 12.1 Å². The number of pyridine rings is 1. The van der Waals surface area contributed by atoms with Crippen molar-refractivity contribution in [2.24, 2.45) is 0 Å². The lowest BCUT2D eigenvalue weighted by Crippen LogP contribution is -2.43. The summed E-state index contributed by atoms with van der Waals surface area (Å²) in [4.78, 5) is 52.5. The van der Waals surface area contributed by atoms with Crippen molar-refractivity contribution in [3.63, 3.8) is 0 Å². The zero-order valence-corrected chi connectivity index (χ0v) is 18.0. The first-order valence-corrected chi connectivity index (χ1v) is 10.4. The predicted octanol–water partition coefficient (Wildman–Crippen LogP) is 1.93. The Morgan fingerprint density at radius 2 is 1.06 bits per heavy atom. The Kier molecular flexibility index (Phi) is 8.07. The van der Waals surface area contributed by atoms with Gasteiger partial charge in [-0.2, -0.15) is 0 Å². The molecule has 1 aromatic heterocycles. The molecule has 3 aromatic rings. The summed E-state index contributed by atoms with van der Waals surface area (Å²) in [6.07, 6.45) is 2.56. The quantitative estimate of drug-likeness (QED) is 0.361. The van der Waals surface area contributed by atoms with E-state index in [4.69, 9.17) is 0 Å². The van der Waals surface area contributed by atoms with Crippen LogP contribution in [-0.4, -0.2) is 51.0 Å². The van der Waals surface area contributed by atoms with Crippen LogP contribution in [0.25, 0.3) is 0 Å². The summed E-state index contributed by atoms with van der Waals surface area (Å²) in [6, 6.07) is 16.6. The SMILES string of the molecule is O=C(N[C@@H](Cc1ccccc1)C(=O)O)c1cncc(C(=O)N[C@@H](Cc2ccccc2)C(=O)O)c1. The number of benzene rings is 2. The lowest BCUT2D eigenvalue weighted by atomic mass is 10.0. The maximum atomic E-state index is 12.7. The van der Waals surface area contributed by atoms with Gasteiger partial charge in [-0.15, -0.1) is 0 Å². The molecule has 9 nitrogen and oxygen atoms in total. The molecule has 0 saturated carbocycles. The lowest BCUT2D eigenvalue weighted by molar-refractivity contribution is -0.140. The van der Waals surface area contributed by atoms with Gasteiger partial charge in [0.25, 0.3) is 11.8 Å². The number of carbonyl (C=O) groups excluding carboxylic acids is 2. The topological polar surface area (TPSA) is 146 Å². The van der Waals surface area contributed by atoms with Crippen molar-refractivity contribution in [1.29, 1.82) is 0 Å². The molecule has 2 aromatic carbocycles. The largest absolute Gasteiger partial charge is 0.480 e. The molecule has 0 aliphatic rings. The molecule has 0 bridgehead atoms. The summed E-state index contributed by atoms with van der Waals surface area (Å²) < 4.78 is 0. The maximum absolute atomic E-state index is 12.7. The van der Waals surface area contributed by atoms with Crippen molar-refractivity contribution in [3.05, 3.63) is 101 Å². The molecule has 0 aliphatic carbocycles. The van der Waals surface area contributed by atoms with Crippen LogP contribution in [0, 0.1) is 0 Å². The summed E-state index contributed by atoms with van der Waals surface area (Å²) >= 11 is 0. The number of hydrogen-bond donors (Lipinski definition) is 4. The number of aliphatic carboxylic acids is 2. The van der Waals surface area contributed by atoms with E-state index in [9.17, 15) is 29.4 Å². The zero-order valence-electron chi connectivity index (χ0n) is 18.0.